The molecule has 0 atom stereocenters. The molecule has 0 radical (unpaired) electrons. The minimum absolute atomic E-state index is 0.607. The molecule has 2 aromatic heterocycles. The van der Waals surface area contributed by atoms with Crippen molar-refractivity contribution in [1.82, 2.24) is 15.0 Å². The van der Waals surface area contributed by atoms with Gasteiger partial charge in [-0.05, 0) is 19.1 Å². The SMILES string of the molecule is CCNc1cc(-c2ccncc2)nc(NC)n1. The summed E-state index contributed by atoms with van der Waals surface area (Å²) >= 11 is 0. The lowest BCUT2D eigenvalue weighted by Gasteiger charge is -2.08. The Balaban J connectivity index is 2.43. The molecule has 0 spiro atoms. The van der Waals surface area contributed by atoms with Crippen molar-refractivity contribution in [2.45, 2.75) is 6.92 Å². The largest absolute Gasteiger partial charge is 0.370 e. The van der Waals surface area contributed by atoms with Crippen LogP contribution in [-0.2, 0) is 0 Å². The molecule has 0 unspecified atom stereocenters. The number of anilines is 2. The van der Waals surface area contributed by atoms with Crippen molar-refractivity contribution in [3.05, 3.63) is 30.6 Å². The van der Waals surface area contributed by atoms with E-state index in [1.165, 1.54) is 0 Å². The lowest BCUT2D eigenvalue weighted by molar-refractivity contribution is 1.11. The van der Waals surface area contributed by atoms with Crippen LogP contribution in [0, 0.1) is 0 Å². The Kier molecular flexibility index (Phi) is 3.49. The van der Waals surface area contributed by atoms with Gasteiger partial charge in [-0.15, -0.1) is 0 Å². The van der Waals surface area contributed by atoms with Gasteiger partial charge in [-0.25, -0.2) is 4.98 Å². The highest BCUT2D eigenvalue weighted by Gasteiger charge is 2.04. The number of aromatic nitrogens is 3. The van der Waals surface area contributed by atoms with Crippen LogP contribution in [0.3, 0.4) is 0 Å². The zero-order chi connectivity index (χ0) is 12.1. The third-order valence-corrected chi connectivity index (χ3v) is 2.28. The molecule has 0 aliphatic rings. The highest BCUT2D eigenvalue weighted by atomic mass is 15.1. The van der Waals surface area contributed by atoms with Crippen LogP contribution in [0.25, 0.3) is 11.3 Å². The summed E-state index contributed by atoms with van der Waals surface area (Å²) in [7, 11) is 1.81. The normalized spacial score (nSPS) is 10.0. The second-order valence-corrected chi connectivity index (χ2v) is 3.48. The van der Waals surface area contributed by atoms with E-state index in [-0.39, 0.29) is 0 Å². The Morgan fingerprint density at radius 1 is 1.18 bits per heavy atom. The first-order valence-corrected chi connectivity index (χ1v) is 5.54. The maximum Gasteiger partial charge on any atom is 0.224 e. The topological polar surface area (TPSA) is 62.7 Å². The first-order chi connectivity index (χ1) is 8.33. The number of pyridine rings is 1. The van der Waals surface area contributed by atoms with E-state index in [1.54, 1.807) is 19.4 Å². The minimum Gasteiger partial charge on any atom is -0.370 e. The van der Waals surface area contributed by atoms with E-state index in [4.69, 9.17) is 0 Å². The summed E-state index contributed by atoms with van der Waals surface area (Å²) in [5, 5.41) is 6.14. The van der Waals surface area contributed by atoms with E-state index in [9.17, 15) is 0 Å². The van der Waals surface area contributed by atoms with Crippen LogP contribution in [-0.4, -0.2) is 28.5 Å². The van der Waals surface area contributed by atoms with Gasteiger partial charge in [-0.3, -0.25) is 4.98 Å². The Labute approximate surface area is 100 Å². The van der Waals surface area contributed by atoms with Crippen LogP contribution in [0.15, 0.2) is 30.6 Å². The van der Waals surface area contributed by atoms with E-state index in [0.29, 0.717) is 5.95 Å². The summed E-state index contributed by atoms with van der Waals surface area (Å²) in [5.74, 6) is 1.42. The fourth-order valence-corrected chi connectivity index (χ4v) is 1.50. The van der Waals surface area contributed by atoms with E-state index < -0.39 is 0 Å². The van der Waals surface area contributed by atoms with Crippen molar-refractivity contribution in [3.63, 3.8) is 0 Å². The summed E-state index contributed by atoms with van der Waals surface area (Å²) in [4.78, 5) is 12.7. The summed E-state index contributed by atoms with van der Waals surface area (Å²) in [6.45, 7) is 2.86. The quantitative estimate of drug-likeness (QED) is 0.839. The van der Waals surface area contributed by atoms with Gasteiger partial charge in [0.1, 0.15) is 5.82 Å². The summed E-state index contributed by atoms with van der Waals surface area (Å²) in [6.07, 6.45) is 3.51. The minimum atomic E-state index is 0.607. The van der Waals surface area contributed by atoms with Gasteiger partial charge < -0.3 is 10.6 Å². The van der Waals surface area contributed by atoms with Crippen molar-refractivity contribution >= 4 is 11.8 Å². The van der Waals surface area contributed by atoms with E-state index >= 15 is 0 Å². The zero-order valence-electron chi connectivity index (χ0n) is 9.94. The Morgan fingerprint density at radius 3 is 2.59 bits per heavy atom. The molecule has 0 aromatic carbocycles. The van der Waals surface area contributed by atoms with Crippen molar-refractivity contribution in [1.29, 1.82) is 0 Å². The molecule has 2 rings (SSSR count). The fourth-order valence-electron chi connectivity index (χ4n) is 1.50. The molecule has 17 heavy (non-hydrogen) atoms. The van der Waals surface area contributed by atoms with Crippen LogP contribution in [0.1, 0.15) is 6.92 Å². The molecule has 0 fully saturated rings. The van der Waals surface area contributed by atoms with Gasteiger partial charge in [-0.1, -0.05) is 0 Å². The second kappa shape index (κ2) is 5.25. The van der Waals surface area contributed by atoms with Gasteiger partial charge in [0.05, 0.1) is 5.69 Å². The smallest absolute Gasteiger partial charge is 0.224 e. The van der Waals surface area contributed by atoms with Crippen LogP contribution in [0.5, 0.6) is 0 Å². The predicted octanol–water partition coefficient (Wildman–Crippen LogP) is 2.01. The standard InChI is InChI=1S/C12H15N5/c1-3-15-11-8-10(16-12(13-2)17-11)9-4-6-14-7-5-9/h4-8H,3H2,1-2H3,(H2,13,15,16,17). The highest BCUT2D eigenvalue weighted by Crippen LogP contribution is 2.20. The van der Waals surface area contributed by atoms with Crippen molar-refractivity contribution in [2.24, 2.45) is 0 Å². The molecule has 2 N–H and O–H groups in total. The van der Waals surface area contributed by atoms with Crippen LogP contribution >= 0.6 is 0 Å². The molecular weight excluding hydrogens is 214 g/mol. The number of nitrogens with zero attached hydrogens (tertiary/aromatic N) is 3. The predicted molar refractivity (Wildman–Crippen MR) is 69.0 cm³/mol. The van der Waals surface area contributed by atoms with E-state index in [0.717, 1.165) is 23.6 Å². The monoisotopic (exact) mass is 229 g/mol. The Morgan fingerprint density at radius 2 is 1.94 bits per heavy atom. The first-order valence-electron chi connectivity index (χ1n) is 5.54. The molecular formula is C12H15N5. The number of hydrogen-bond acceptors (Lipinski definition) is 5. The molecule has 5 nitrogen and oxygen atoms in total. The summed E-state index contributed by atoms with van der Waals surface area (Å²) < 4.78 is 0. The molecule has 0 aliphatic carbocycles. The van der Waals surface area contributed by atoms with Gasteiger partial charge in [0.15, 0.2) is 0 Å². The van der Waals surface area contributed by atoms with Gasteiger partial charge >= 0.3 is 0 Å². The van der Waals surface area contributed by atoms with Gasteiger partial charge in [0.25, 0.3) is 0 Å². The van der Waals surface area contributed by atoms with Gasteiger partial charge in [0.2, 0.25) is 5.95 Å². The van der Waals surface area contributed by atoms with Crippen molar-refractivity contribution < 1.29 is 0 Å². The fraction of sp³-hybridized carbons (Fsp3) is 0.250. The Bertz CT molecular complexity index is 484. The molecule has 0 bridgehead atoms. The highest BCUT2D eigenvalue weighted by molar-refractivity contribution is 5.63. The van der Waals surface area contributed by atoms with E-state index in [1.807, 2.05) is 25.1 Å². The first kappa shape index (κ1) is 11.3. The number of rotatable bonds is 4. The molecule has 2 aromatic rings. The second-order valence-electron chi connectivity index (χ2n) is 3.48. The number of nitrogens with one attached hydrogen (secondary N) is 2. The van der Waals surface area contributed by atoms with Crippen LogP contribution < -0.4 is 10.6 Å². The van der Waals surface area contributed by atoms with Crippen LogP contribution in [0.4, 0.5) is 11.8 Å². The summed E-state index contributed by atoms with van der Waals surface area (Å²) in [5.41, 5.74) is 1.90. The molecule has 0 amide bonds. The van der Waals surface area contributed by atoms with Crippen molar-refractivity contribution in [2.75, 3.05) is 24.2 Å². The van der Waals surface area contributed by atoms with Gasteiger partial charge in [0, 0.05) is 37.6 Å². The molecule has 0 saturated heterocycles. The molecule has 88 valence electrons. The van der Waals surface area contributed by atoms with E-state index in [2.05, 4.69) is 25.6 Å². The zero-order valence-corrected chi connectivity index (χ0v) is 9.94. The average Bonchev–Trinajstić information content (AvgIpc) is 2.40. The molecule has 0 saturated carbocycles. The lowest BCUT2D eigenvalue weighted by atomic mass is 10.2. The maximum atomic E-state index is 4.41. The maximum absolute atomic E-state index is 4.41. The Hall–Kier alpha value is -2.17. The van der Waals surface area contributed by atoms with Crippen molar-refractivity contribution in [3.8, 4) is 11.3 Å². The lowest BCUT2D eigenvalue weighted by Crippen LogP contribution is -2.04. The average molecular weight is 229 g/mol. The van der Waals surface area contributed by atoms with Gasteiger partial charge in [-0.2, -0.15) is 4.98 Å². The molecule has 0 aliphatic heterocycles. The third kappa shape index (κ3) is 2.69. The molecule has 2 heterocycles. The molecule has 5 heteroatoms. The number of hydrogen-bond donors (Lipinski definition) is 2. The van der Waals surface area contributed by atoms with Crippen LogP contribution in [0.2, 0.25) is 0 Å². The summed E-state index contributed by atoms with van der Waals surface area (Å²) in [6, 6.07) is 5.79. The third-order valence-electron chi connectivity index (χ3n) is 2.28.